The summed E-state index contributed by atoms with van der Waals surface area (Å²) in [5.74, 6) is 0.870. The van der Waals surface area contributed by atoms with E-state index in [4.69, 9.17) is 14.7 Å². The fraction of sp³-hybridized carbons (Fsp3) is 0.286. The van der Waals surface area contributed by atoms with Gasteiger partial charge in [-0.25, -0.2) is 9.59 Å². The highest BCUT2D eigenvalue weighted by Gasteiger charge is 2.23. The van der Waals surface area contributed by atoms with E-state index in [2.05, 4.69) is 10.6 Å². The molecule has 0 radical (unpaired) electrons. The lowest BCUT2D eigenvalue weighted by atomic mass is 10.2. The molecule has 1 fully saturated rings. The van der Waals surface area contributed by atoms with E-state index in [0.717, 1.165) is 12.8 Å². The summed E-state index contributed by atoms with van der Waals surface area (Å²) in [5, 5.41) is 14.5. The normalized spacial score (nSPS) is 12.4. The Labute approximate surface area is 169 Å². The number of nitrogens with one attached hydrogen (secondary N) is 2. The highest BCUT2D eigenvalue weighted by atomic mass is 16.6. The molecule has 29 heavy (non-hydrogen) atoms. The fourth-order valence-electron chi connectivity index (χ4n) is 2.64. The van der Waals surface area contributed by atoms with E-state index in [1.807, 2.05) is 6.07 Å². The van der Waals surface area contributed by atoms with Gasteiger partial charge in [0.1, 0.15) is 11.5 Å². The van der Waals surface area contributed by atoms with Crippen LogP contribution in [0.3, 0.4) is 0 Å². The predicted octanol–water partition coefficient (Wildman–Crippen LogP) is 3.90. The first kappa shape index (κ1) is 20.0. The van der Waals surface area contributed by atoms with E-state index in [-0.39, 0.29) is 30.8 Å². The molecule has 0 heterocycles. The average molecular weight is 394 g/mol. The van der Waals surface area contributed by atoms with E-state index < -0.39 is 6.09 Å². The molecular weight excluding hydrogens is 372 g/mol. The Balaban J connectivity index is 1.70. The summed E-state index contributed by atoms with van der Waals surface area (Å²) in [6.45, 7) is 0.171. The number of hydrogen-bond donors (Lipinski definition) is 2. The van der Waals surface area contributed by atoms with Crippen molar-refractivity contribution < 1.29 is 19.1 Å². The van der Waals surface area contributed by atoms with Gasteiger partial charge in [-0.15, -0.1) is 0 Å². The summed E-state index contributed by atoms with van der Waals surface area (Å²) < 4.78 is 10.7. The summed E-state index contributed by atoms with van der Waals surface area (Å²) in [6.07, 6.45) is 1.50. The Hall–Kier alpha value is -3.73. The Bertz CT molecular complexity index is 921. The van der Waals surface area contributed by atoms with Crippen LogP contribution in [0.2, 0.25) is 0 Å². The molecular formula is C21H22N4O4. The number of amides is 3. The SMILES string of the molecule is COc1cccc(N(CCC#N)C(=O)Oc2cccc(NC(=O)NC3CC3)c2)c1. The van der Waals surface area contributed by atoms with E-state index in [9.17, 15) is 9.59 Å². The molecule has 0 aromatic heterocycles. The van der Waals surface area contributed by atoms with Crippen LogP contribution in [0.25, 0.3) is 0 Å². The third kappa shape index (κ3) is 5.87. The first-order chi connectivity index (χ1) is 14.1. The maximum Gasteiger partial charge on any atom is 0.419 e. The van der Waals surface area contributed by atoms with Gasteiger partial charge in [-0.05, 0) is 37.1 Å². The Kier molecular flexibility index (Phi) is 6.53. The lowest BCUT2D eigenvalue weighted by molar-refractivity contribution is 0.207. The summed E-state index contributed by atoms with van der Waals surface area (Å²) in [7, 11) is 1.54. The van der Waals surface area contributed by atoms with Gasteiger partial charge in [0.05, 0.1) is 25.3 Å². The standard InChI is InChI=1S/C21H22N4O4/c1-28-18-7-3-6-17(14-18)25(12-4-11-22)21(27)29-19-8-2-5-16(13-19)24-20(26)23-15-9-10-15/h2-3,5-8,13-15H,4,9-10,12H2,1H3,(H2,23,24,26). The van der Waals surface area contributed by atoms with E-state index in [1.54, 1.807) is 48.5 Å². The molecule has 0 spiro atoms. The second-order valence-corrected chi connectivity index (χ2v) is 6.53. The van der Waals surface area contributed by atoms with Gasteiger partial charge in [0, 0.05) is 30.4 Å². The molecule has 3 amide bonds. The van der Waals surface area contributed by atoms with Gasteiger partial charge < -0.3 is 20.1 Å². The molecule has 0 aliphatic heterocycles. The number of carbonyl (C=O) groups excluding carboxylic acids is 2. The number of benzene rings is 2. The van der Waals surface area contributed by atoms with E-state index >= 15 is 0 Å². The van der Waals surface area contributed by atoms with Crippen LogP contribution in [0.1, 0.15) is 19.3 Å². The summed E-state index contributed by atoms with van der Waals surface area (Å²) in [6, 6.07) is 15.5. The predicted molar refractivity (Wildman–Crippen MR) is 108 cm³/mol. The number of anilines is 2. The quantitative estimate of drug-likeness (QED) is 0.741. The van der Waals surface area contributed by atoms with Crippen LogP contribution >= 0.6 is 0 Å². The van der Waals surface area contributed by atoms with Crippen LogP contribution in [0.5, 0.6) is 11.5 Å². The van der Waals surface area contributed by atoms with Crippen molar-refractivity contribution in [2.75, 3.05) is 23.9 Å². The number of carbonyl (C=O) groups is 2. The molecule has 2 aromatic rings. The minimum Gasteiger partial charge on any atom is -0.497 e. The molecule has 0 saturated heterocycles. The molecule has 8 nitrogen and oxygen atoms in total. The smallest absolute Gasteiger partial charge is 0.419 e. The zero-order valence-electron chi connectivity index (χ0n) is 16.1. The molecule has 1 aliphatic carbocycles. The monoisotopic (exact) mass is 394 g/mol. The van der Waals surface area contributed by atoms with Crippen LogP contribution < -0.4 is 25.0 Å². The van der Waals surface area contributed by atoms with Crippen molar-refractivity contribution in [1.29, 1.82) is 5.26 Å². The van der Waals surface area contributed by atoms with Crippen LogP contribution in [-0.2, 0) is 0 Å². The van der Waals surface area contributed by atoms with E-state index in [1.165, 1.54) is 12.0 Å². The van der Waals surface area contributed by atoms with E-state index in [0.29, 0.717) is 17.1 Å². The van der Waals surface area contributed by atoms with Crippen molar-refractivity contribution >= 4 is 23.5 Å². The minimum atomic E-state index is -0.631. The van der Waals surface area contributed by atoms with Gasteiger partial charge >= 0.3 is 12.1 Å². The zero-order valence-corrected chi connectivity index (χ0v) is 16.1. The molecule has 2 N–H and O–H groups in total. The van der Waals surface area contributed by atoms with Crippen LogP contribution in [0, 0.1) is 11.3 Å². The highest BCUT2D eigenvalue weighted by molar-refractivity contribution is 5.91. The Morgan fingerprint density at radius 3 is 2.66 bits per heavy atom. The summed E-state index contributed by atoms with van der Waals surface area (Å²) in [5.41, 5.74) is 1.07. The average Bonchev–Trinajstić information content (AvgIpc) is 3.52. The maximum absolute atomic E-state index is 12.8. The third-order valence-electron chi connectivity index (χ3n) is 4.24. The lowest BCUT2D eigenvalue weighted by Crippen LogP contribution is -2.34. The first-order valence-corrected chi connectivity index (χ1v) is 9.27. The molecule has 0 bridgehead atoms. The number of nitriles is 1. The third-order valence-corrected chi connectivity index (χ3v) is 4.24. The molecule has 8 heteroatoms. The number of hydrogen-bond acceptors (Lipinski definition) is 5. The molecule has 2 aromatic carbocycles. The molecule has 150 valence electrons. The largest absolute Gasteiger partial charge is 0.497 e. The topological polar surface area (TPSA) is 104 Å². The van der Waals surface area contributed by atoms with Crippen molar-refractivity contribution in [3.05, 3.63) is 48.5 Å². The molecule has 1 saturated carbocycles. The zero-order chi connectivity index (χ0) is 20.6. The van der Waals surface area contributed by atoms with Crippen LogP contribution in [0.15, 0.2) is 48.5 Å². The number of methoxy groups -OCH3 is 1. The van der Waals surface area contributed by atoms with Gasteiger partial charge in [-0.1, -0.05) is 12.1 Å². The Morgan fingerprint density at radius 1 is 1.17 bits per heavy atom. The molecule has 1 aliphatic rings. The van der Waals surface area contributed by atoms with Crippen molar-refractivity contribution in [3.63, 3.8) is 0 Å². The fourth-order valence-corrected chi connectivity index (χ4v) is 2.64. The second-order valence-electron chi connectivity index (χ2n) is 6.53. The minimum absolute atomic E-state index is 0.148. The van der Waals surface area contributed by atoms with Gasteiger partial charge in [-0.3, -0.25) is 4.90 Å². The van der Waals surface area contributed by atoms with Crippen molar-refractivity contribution in [1.82, 2.24) is 5.32 Å². The maximum atomic E-state index is 12.8. The summed E-state index contributed by atoms with van der Waals surface area (Å²) >= 11 is 0. The Morgan fingerprint density at radius 2 is 1.93 bits per heavy atom. The number of rotatable bonds is 7. The molecule has 0 atom stereocenters. The van der Waals surface area contributed by atoms with Crippen molar-refractivity contribution in [2.45, 2.75) is 25.3 Å². The molecule has 0 unspecified atom stereocenters. The number of nitrogens with zero attached hydrogens (tertiary/aromatic N) is 2. The van der Waals surface area contributed by atoms with Gasteiger partial charge in [0.2, 0.25) is 0 Å². The van der Waals surface area contributed by atoms with Gasteiger partial charge in [-0.2, -0.15) is 5.26 Å². The van der Waals surface area contributed by atoms with Gasteiger partial charge in [0.25, 0.3) is 0 Å². The lowest BCUT2D eigenvalue weighted by Gasteiger charge is -2.21. The van der Waals surface area contributed by atoms with Crippen molar-refractivity contribution in [3.8, 4) is 17.6 Å². The van der Waals surface area contributed by atoms with Crippen molar-refractivity contribution in [2.24, 2.45) is 0 Å². The second kappa shape index (κ2) is 9.46. The van der Waals surface area contributed by atoms with Crippen LogP contribution in [0.4, 0.5) is 21.0 Å². The molecule has 3 rings (SSSR count). The van der Waals surface area contributed by atoms with Crippen LogP contribution in [-0.4, -0.2) is 31.8 Å². The first-order valence-electron chi connectivity index (χ1n) is 9.27. The number of urea groups is 1. The summed E-state index contributed by atoms with van der Waals surface area (Å²) in [4.78, 5) is 26.0. The number of ether oxygens (including phenoxy) is 2. The highest BCUT2D eigenvalue weighted by Crippen LogP contribution is 2.24. The van der Waals surface area contributed by atoms with Gasteiger partial charge in [0.15, 0.2) is 0 Å².